The van der Waals surface area contributed by atoms with Crippen LogP contribution >= 0.6 is 0 Å². The highest BCUT2D eigenvalue weighted by molar-refractivity contribution is 5.88. The summed E-state index contributed by atoms with van der Waals surface area (Å²) in [7, 11) is 0. The summed E-state index contributed by atoms with van der Waals surface area (Å²) in [6, 6.07) is 11.8. The van der Waals surface area contributed by atoms with Crippen molar-refractivity contribution in [1.82, 2.24) is 24.8 Å². The monoisotopic (exact) mass is 555 g/mol. The number of piperidine rings is 1. The molecular weight excluding hydrogens is 529 g/mol. The van der Waals surface area contributed by atoms with Crippen LogP contribution in [0, 0.1) is 17.1 Å². The number of ether oxygens (including phenoxy) is 1. The first-order valence-electron chi connectivity index (χ1n) is 13.2. The van der Waals surface area contributed by atoms with E-state index in [0.29, 0.717) is 42.1 Å². The number of nitrogens with one attached hydrogen (secondary N) is 1. The minimum Gasteiger partial charge on any atom is -0.492 e. The highest BCUT2D eigenvalue weighted by atomic mass is 19.1. The number of anilines is 1. The summed E-state index contributed by atoms with van der Waals surface area (Å²) in [6.07, 6.45) is 4.50. The Morgan fingerprint density at radius 3 is 2.59 bits per heavy atom. The van der Waals surface area contributed by atoms with Gasteiger partial charge in [-0.05, 0) is 49.2 Å². The Morgan fingerprint density at radius 1 is 1.20 bits per heavy atom. The van der Waals surface area contributed by atoms with E-state index in [2.05, 4.69) is 21.4 Å². The Balaban J connectivity index is 1.21. The van der Waals surface area contributed by atoms with Gasteiger partial charge in [-0.3, -0.25) is 4.79 Å². The minimum absolute atomic E-state index is 0.103. The Kier molecular flexibility index (Phi) is 6.62. The van der Waals surface area contributed by atoms with Gasteiger partial charge in [0, 0.05) is 30.4 Å². The van der Waals surface area contributed by atoms with Gasteiger partial charge < -0.3 is 25.0 Å². The van der Waals surface area contributed by atoms with E-state index in [4.69, 9.17) is 9.72 Å². The normalized spacial score (nSPS) is 18.4. The molecule has 3 aromatic heterocycles. The van der Waals surface area contributed by atoms with Crippen molar-refractivity contribution < 1.29 is 23.8 Å². The fourth-order valence-corrected chi connectivity index (χ4v) is 5.75. The zero-order valence-corrected chi connectivity index (χ0v) is 22.1. The maximum atomic E-state index is 13.4. The number of carbonyl (C=O) groups excluding carboxylic acids is 1. The van der Waals surface area contributed by atoms with Crippen LogP contribution in [0.4, 0.5) is 15.0 Å². The van der Waals surface area contributed by atoms with Crippen molar-refractivity contribution in [1.29, 1.82) is 5.26 Å². The zero-order chi connectivity index (χ0) is 28.7. The minimum atomic E-state index is -1.33. The topological polar surface area (TPSA) is 136 Å². The Labute approximate surface area is 234 Å². The molecule has 41 heavy (non-hydrogen) atoms. The number of nitrogens with zero attached hydrogens (tertiary/aromatic N) is 6. The molecule has 2 bridgehead atoms. The number of fused-ring (bicyclic) bond motifs is 3. The molecule has 0 spiro atoms. The van der Waals surface area contributed by atoms with E-state index in [1.807, 2.05) is 25.1 Å². The molecular formula is C29H26FN7O4. The summed E-state index contributed by atoms with van der Waals surface area (Å²) in [4.78, 5) is 33.4. The average molecular weight is 556 g/mol. The van der Waals surface area contributed by atoms with Crippen LogP contribution in [-0.4, -0.2) is 68.4 Å². The summed E-state index contributed by atoms with van der Waals surface area (Å²) >= 11 is 0. The number of rotatable bonds is 7. The van der Waals surface area contributed by atoms with Gasteiger partial charge in [-0.25, -0.2) is 18.7 Å². The fourth-order valence-electron chi connectivity index (χ4n) is 5.75. The standard InChI is InChI=1S/C29H26FN7O4/c1-2-41-23-10-24(27-19(11-31)13-33-36(27)16-23)18-5-8-25(32-12-18)35-14-21-9-22(15-35)37(21)28(38)26(34-29(39)40)17-3-6-20(30)7-4-17/h3-8,10,12-13,16,21-22,26,34H,2,9,14-15H2,1H3,(H,39,40). The van der Waals surface area contributed by atoms with Gasteiger partial charge in [0.15, 0.2) is 0 Å². The van der Waals surface area contributed by atoms with Gasteiger partial charge in [0.25, 0.3) is 5.91 Å². The lowest BCUT2D eigenvalue weighted by atomic mass is 9.85. The third kappa shape index (κ3) is 4.75. The lowest BCUT2D eigenvalue weighted by molar-refractivity contribution is -0.148. The van der Waals surface area contributed by atoms with Gasteiger partial charge in [0.05, 0.1) is 42.2 Å². The Morgan fingerprint density at radius 2 is 1.95 bits per heavy atom. The average Bonchev–Trinajstić information content (AvgIpc) is 3.39. The molecule has 3 atom stereocenters. The predicted octanol–water partition coefficient (Wildman–Crippen LogP) is 3.60. The first kappa shape index (κ1) is 26.1. The van der Waals surface area contributed by atoms with Crippen LogP contribution < -0.4 is 15.0 Å². The van der Waals surface area contributed by atoms with E-state index in [1.54, 1.807) is 21.8 Å². The number of hydrogen-bond acceptors (Lipinski definition) is 7. The van der Waals surface area contributed by atoms with E-state index in [9.17, 15) is 24.3 Å². The quantitative estimate of drug-likeness (QED) is 0.353. The molecule has 12 heteroatoms. The summed E-state index contributed by atoms with van der Waals surface area (Å²) < 4.78 is 20.8. The van der Waals surface area contributed by atoms with E-state index >= 15 is 0 Å². The molecule has 208 valence electrons. The van der Waals surface area contributed by atoms with Gasteiger partial charge in [-0.15, -0.1) is 0 Å². The van der Waals surface area contributed by atoms with Crippen molar-refractivity contribution in [2.75, 3.05) is 24.6 Å². The van der Waals surface area contributed by atoms with E-state index in [1.165, 1.54) is 30.5 Å². The van der Waals surface area contributed by atoms with Crippen LogP contribution in [-0.2, 0) is 4.79 Å². The third-order valence-electron chi connectivity index (χ3n) is 7.57. The fraction of sp³-hybridized carbons (Fsp3) is 0.276. The second-order valence-electron chi connectivity index (χ2n) is 10.0. The number of pyridine rings is 2. The maximum Gasteiger partial charge on any atom is 0.405 e. The number of carboxylic acid groups (broad SMARTS) is 1. The number of benzene rings is 1. The lowest BCUT2D eigenvalue weighted by Crippen LogP contribution is -2.71. The molecule has 0 saturated carbocycles. The number of aromatic nitrogens is 3. The number of nitriles is 1. The second kappa shape index (κ2) is 10.4. The molecule has 2 N–H and O–H groups in total. The highest BCUT2D eigenvalue weighted by Gasteiger charge is 2.49. The molecule has 3 unspecified atom stereocenters. The number of amides is 2. The van der Waals surface area contributed by atoms with Crippen LogP contribution in [0.15, 0.2) is 61.1 Å². The smallest absolute Gasteiger partial charge is 0.405 e. The molecule has 0 aliphatic carbocycles. The maximum absolute atomic E-state index is 13.4. The van der Waals surface area contributed by atoms with Gasteiger partial charge in [-0.2, -0.15) is 10.4 Å². The molecule has 2 amide bonds. The van der Waals surface area contributed by atoms with Crippen molar-refractivity contribution >= 4 is 23.3 Å². The van der Waals surface area contributed by atoms with Gasteiger partial charge in [0.2, 0.25) is 0 Å². The van der Waals surface area contributed by atoms with Crippen LogP contribution in [0.5, 0.6) is 5.75 Å². The van der Waals surface area contributed by atoms with Crippen LogP contribution in [0.3, 0.4) is 0 Å². The van der Waals surface area contributed by atoms with Gasteiger partial charge in [-0.1, -0.05) is 12.1 Å². The van der Waals surface area contributed by atoms with Crippen LogP contribution in [0.2, 0.25) is 0 Å². The highest BCUT2D eigenvalue weighted by Crippen LogP contribution is 2.37. The van der Waals surface area contributed by atoms with E-state index < -0.39 is 18.0 Å². The number of carbonyl (C=O) groups is 2. The summed E-state index contributed by atoms with van der Waals surface area (Å²) in [6.45, 7) is 3.47. The van der Waals surface area contributed by atoms with Crippen molar-refractivity contribution in [2.45, 2.75) is 31.5 Å². The molecule has 1 aromatic carbocycles. The number of hydrogen-bond donors (Lipinski definition) is 2. The second-order valence-corrected chi connectivity index (χ2v) is 10.0. The lowest BCUT2D eigenvalue weighted by Gasteiger charge is -2.57. The van der Waals surface area contributed by atoms with Crippen molar-refractivity contribution in [2.24, 2.45) is 0 Å². The first-order valence-corrected chi connectivity index (χ1v) is 13.2. The third-order valence-corrected chi connectivity index (χ3v) is 7.57. The van der Waals surface area contributed by atoms with Gasteiger partial charge >= 0.3 is 6.09 Å². The largest absolute Gasteiger partial charge is 0.492 e. The summed E-state index contributed by atoms with van der Waals surface area (Å²) in [5.41, 5.74) is 3.09. The molecule has 3 saturated heterocycles. The molecule has 3 aliphatic heterocycles. The summed E-state index contributed by atoms with van der Waals surface area (Å²) in [5.74, 6) is 0.562. The Hall–Kier alpha value is -5.18. The first-order chi connectivity index (χ1) is 19.9. The zero-order valence-electron chi connectivity index (χ0n) is 22.1. The van der Waals surface area contributed by atoms with Crippen molar-refractivity contribution in [3.63, 3.8) is 0 Å². The SMILES string of the molecule is CCOc1cc(-c2ccc(N3CC4CC(C3)N4C(=O)C(NC(=O)O)c3ccc(F)cc3)nc2)c2c(C#N)cnn2c1. The summed E-state index contributed by atoms with van der Waals surface area (Å²) in [5, 5.41) is 25.5. The molecule has 6 heterocycles. The molecule has 0 radical (unpaired) electrons. The van der Waals surface area contributed by atoms with Crippen LogP contribution in [0.25, 0.3) is 16.6 Å². The van der Waals surface area contributed by atoms with E-state index in [0.717, 1.165) is 23.4 Å². The molecule has 3 aliphatic rings. The number of halogens is 1. The Bertz CT molecular complexity index is 1650. The molecule has 11 nitrogen and oxygen atoms in total. The number of piperazine rings is 1. The van der Waals surface area contributed by atoms with E-state index in [-0.39, 0.29) is 18.0 Å². The van der Waals surface area contributed by atoms with Gasteiger partial charge in [0.1, 0.15) is 29.5 Å². The van der Waals surface area contributed by atoms with Crippen LogP contribution in [0.1, 0.15) is 30.5 Å². The molecule has 7 rings (SSSR count). The predicted molar refractivity (Wildman–Crippen MR) is 146 cm³/mol. The van der Waals surface area contributed by atoms with Crippen molar-refractivity contribution in [3.05, 3.63) is 78.0 Å². The molecule has 4 aromatic rings. The van der Waals surface area contributed by atoms with Crippen molar-refractivity contribution in [3.8, 4) is 22.9 Å². The molecule has 3 fully saturated rings.